The fraction of sp³-hybridized carbons (Fsp3) is 0.650. The molecule has 160 valence electrons. The number of rotatable bonds is 8. The number of hydrogen-bond donors (Lipinski definition) is 3. The molecule has 2 rings (SSSR count). The zero-order chi connectivity index (χ0) is 19.6. The van der Waals surface area contributed by atoms with Gasteiger partial charge in [-0.05, 0) is 43.4 Å². The van der Waals surface area contributed by atoms with Crippen molar-refractivity contribution in [3.8, 4) is 5.75 Å². The molecule has 0 saturated carbocycles. The van der Waals surface area contributed by atoms with E-state index >= 15 is 0 Å². The lowest BCUT2D eigenvalue weighted by atomic mass is 10.0. The smallest absolute Gasteiger partial charge is 0.191 e. The van der Waals surface area contributed by atoms with Crippen molar-refractivity contribution in [2.24, 2.45) is 10.9 Å². The molecule has 1 unspecified atom stereocenters. The molecule has 1 aliphatic heterocycles. The summed E-state index contributed by atoms with van der Waals surface area (Å²) >= 11 is 0. The van der Waals surface area contributed by atoms with Crippen molar-refractivity contribution in [2.45, 2.75) is 39.3 Å². The number of halogens is 2. The van der Waals surface area contributed by atoms with Crippen LogP contribution in [0.2, 0.25) is 0 Å². The monoisotopic (exact) mass is 508 g/mol. The fourth-order valence-electron chi connectivity index (χ4n) is 3.12. The minimum Gasteiger partial charge on any atom is -0.494 e. The molecule has 1 aromatic rings. The van der Waals surface area contributed by atoms with Crippen LogP contribution in [0.4, 0.5) is 4.39 Å². The molecule has 28 heavy (non-hydrogen) atoms. The van der Waals surface area contributed by atoms with Gasteiger partial charge in [-0.25, -0.2) is 4.39 Å². The Bertz CT molecular complexity index is 610. The molecule has 1 fully saturated rings. The average molecular weight is 508 g/mol. The molecule has 1 atom stereocenters. The lowest BCUT2D eigenvalue weighted by molar-refractivity contribution is 0.198. The number of piperidine rings is 1. The summed E-state index contributed by atoms with van der Waals surface area (Å²) in [6.07, 6.45) is 2.03. The van der Waals surface area contributed by atoms with Crippen molar-refractivity contribution in [3.05, 3.63) is 29.6 Å². The number of nitrogens with zero attached hydrogens (tertiary/aromatic N) is 2. The van der Waals surface area contributed by atoms with Gasteiger partial charge in [0.2, 0.25) is 0 Å². The number of aliphatic hydroxyl groups is 1. The van der Waals surface area contributed by atoms with E-state index in [0.717, 1.165) is 50.5 Å². The summed E-state index contributed by atoms with van der Waals surface area (Å²) in [6, 6.07) is 5.54. The maximum Gasteiger partial charge on any atom is 0.191 e. The van der Waals surface area contributed by atoms with Gasteiger partial charge in [0.1, 0.15) is 0 Å². The van der Waals surface area contributed by atoms with Crippen LogP contribution in [0.15, 0.2) is 23.2 Å². The molecular weight excluding hydrogens is 474 g/mol. The van der Waals surface area contributed by atoms with Crippen LogP contribution in [0.5, 0.6) is 5.75 Å². The second-order valence-electron chi connectivity index (χ2n) is 7.17. The third-order valence-corrected chi connectivity index (χ3v) is 4.77. The van der Waals surface area contributed by atoms with E-state index in [4.69, 9.17) is 9.84 Å². The maximum absolute atomic E-state index is 13.8. The molecular formula is C20H34FIN4O2. The predicted molar refractivity (Wildman–Crippen MR) is 122 cm³/mol. The Morgan fingerprint density at radius 2 is 2.11 bits per heavy atom. The van der Waals surface area contributed by atoms with Crippen molar-refractivity contribution in [3.63, 3.8) is 0 Å². The van der Waals surface area contributed by atoms with E-state index in [0.29, 0.717) is 12.6 Å². The highest BCUT2D eigenvalue weighted by atomic mass is 127. The molecule has 1 heterocycles. The van der Waals surface area contributed by atoms with E-state index in [1.165, 1.54) is 7.11 Å². The van der Waals surface area contributed by atoms with Crippen LogP contribution in [-0.4, -0.2) is 61.9 Å². The number of aliphatic imine (C=N–C) groups is 1. The van der Waals surface area contributed by atoms with Gasteiger partial charge in [0.05, 0.1) is 7.11 Å². The lowest BCUT2D eigenvalue weighted by Gasteiger charge is -2.33. The maximum atomic E-state index is 13.8. The second-order valence-corrected chi connectivity index (χ2v) is 7.17. The van der Waals surface area contributed by atoms with Crippen LogP contribution in [-0.2, 0) is 6.54 Å². The van der Waals surface area contributed by atoms with Crippen molar-refractivity contribution < 1.29 is 14.2 Å². The number of aliphatic hydroxyl groups excluding tert-OH is 1. The summed E-state index contributed by atoms with van der Waals surface area (Å²) in [6.45, 7) is 8.24. The molecule has 1 aromatic carbocycles. The molecule has 0 aliphatic carbocycles. The summed E-state index contributed by atoms with van der Waals surface area (Å²) in [5, 5.41) is 15.9. The summed E-state index contributed by atoms with van der Waals surface area (Å²) in [4.78, 5) is 6.90. The molecule has 8 heteroatoms. The van der Waals surface area contributed by atoms with Gasteiger partial charge in [-0.1, -0.05) is 13.0 Å². The van der Waals surface area contributed by atoms with Crippen LogP contribution < -0.4 is 15.4 Å². The zero-order valence-corrected chi connectivity index (χ0v) is 19.4. The first kappa shape index (κ1) is 24.9. The molecule has 3 N–H and O–H groups in total. The number of methoxy groups -OCH3 is 1. The van der Waals surface area contributed by atoms with Crippen molar-refractivity contribution in [1.82, 2.24) is 15.5 Å². The van der Waals surface area contributed by atoms with Gasteiger partial charge >= 0.3 is 0 Å². The molecule has 1 saturated heterocycles. The highest BCUT2D eigenvalue weighted by Gasteiger charge is 2.20. The Morgan fingerprint density at radius 1 is 1.39 bits per heavy atom. The number of likely N-dealkylation sites (tertiary alicyclic amines) is 1. The first-order valence-corrected chi connectivity index (χ1v) is 9.76. The van der Waals surface area contributed by atoms with Crippen molar-refractivity contribution in [2.75, 3.05) is 39.9 Å². The quantitative estimate of drug-likeness (QED) is 0.286. The molecule has 0 radical (unpaired) electrons. The van der Waals surface area contributed by atoms with Crippen LogP contribution in [0.25, 0.3) is 0 Å². The highest BCUT2D eigenvalue weighted by molar-refractivity contribution is 14.0. The SMILES string of the molecule is CCNC(=NCC(C)CO)NC1CCN(Cc2ccc(OC)c(F)c2)CC1.I. The van der Waals surface area contributed by atoms with Gasteiger partial charge < -0.3 is 20.5 Å². The van der Waals surface area contributed by atoms with Gasteiger partial charge in [-0.2, -0.15) is 0 Å². The van der Waals surface area contributed by atoms with Gasteiger partial charge in [0.15, 0.2) is 17.5 Å². The largest absolute Gasteiger partial charge is 0.494 e. The lowest BCUT2D eigenvalue weighted by Crippen LogP contribution is -2.48. The number of nitrogens with one attached hydrogen (secondary N) is 2. The zero-order valence-electron chi connectivity index (χ0n) is 17.1. The molecule has 6 nitrogen and oxygen atoms in total. The summed E-state index contributed by atoms with van der Waals surface area (Å²) in [5.41, 5.74) is 0.965. The van der Waals surface area contributed by atoms with Crippen molar-refractivity contribution in [1.29, 1.82) is 0 Å². The molecule has 0 spiro atoms. The van der Waals surface area contributed by atoms with E-state index < -0.39 is 0 Å². The number of hydrogen-bond acceptors (Lipinski definition) is 4. The van der Waals surface area contributed by atoms with Gasteiger partial charge in [-0.15, -0.1) is 24.0 Å². The van der Waals surface area contributed by atoms with Crippen LogP contribution in [0, 0.1) is 11.7 Å². The molecule has 0 aromatic heterocycles. The Labute approximate surface area is 185 Å². The topological polar surface area (TPSA) is 69.1 Å². The fourth-order valence-corrected chi connectivity index (χ4v) is 3.12. The van der Waals surface area contributed by atoms with Gasteiger partial charge in [-0.3, -0.25) is 9.89 Å². The molecule has 1 aliphatic rings. The Hall–Kier alpha value is -1.13. The van der Waals surface area contributed by atoms with E-state index in [2.05, 4.69) is 20.5 Å². The minimum absolute atomic E-state index is 0. The van der Waals surface area contributed by atoms with E-state index in [1.807, 2.05) is 19.9 Å². The highest BCUT2D eigenvalue weighted by Crippen LogP contribution is 2.20. The number of benzene rings is 1. The second kappa shape index (κ2) is 13.2. The number of guanidine groups is 1. The summed E-state index contributed by atoms with van der Waals surface area (Å²) in [5.74, 6) is 0.947. The standard InChI is InChI=1S/C20H33FN4O2.HI/c1-4-22-20(23-12-15(2)14-26)24-17-7-9-25(10-8-17)13-16-5-6-19(27-3)18(21)11-16;/h5-6,11,15,17,26H,4,7-10,12-14H2,1-3H3,(H2,22,23,24);1H. The van der Waals surface area contributed by atoms with Gasteiger partial charge in [0, 0.05) is 45.4 Å². The van der Waals surface area contributed by atoms with Gasteiger partial charge in [0.25, 0.3) is 0 Å². The van der Waals surface area contributed by atoms with Crippen LogP contribution in [0.1, 0.15) is 32.3 Å². The summed E-state index contributed by atoms with van der Waals surface area (Å²) < 4.78 is 18.8. The Morgan fingerprint density at radius 3 is 2.68 bits per heavy atom. The molecule has 0 bridgehead atoms. The van der Waals surface area contributed by atoms with E-state index in [1.54, 1.807) is 12.1 Å². The first-order valence-electron chi connectivity index (χ1n) is 9.76. The predicted octanol–water partition coefficient (Wildman–Crippen LogP) is 2.60. The Balaban J connectivity index is 0.00000392. The average Bonchev–Trinajstić information content (AvgIpc) is 2.67. The van der Waals surface area contributed by atoms with E-state index in [-0.39, 0.29) is 48.1 Å². The Kier molecular flexibility index (Phi) is 11.7. The van der Waals surface area contributed by atoms with Crippen LogP contribution >= 0.6 is 24.0 Å². The minimum atomic E-state index is -0.310. The number of ether oxygens (including phenoxy) is 1. The van der Waals surface area contributed by atoms with Crippen LogP contribution in [0.3, 0.4) is 0 Å². The third-order valence-electron chi connectivity index (χ3n) is 4.77. The normalized spacial score (nSPS) is 17.0. The van der Waals surface area contributed by atoms with E-state index in [9.17, 15) is 4.39 Å². The molecule has 0 amide bonds. The van der Waals surface area contributed by atoms with Crippen molar-refractivity contribution >= 4 is 29.9 Å². The third kappa shape index (κ3) is 8.08. The first-order chi connectivity index (χ1) is 13.0. The summed E-state index contributed by atoms with van der Waals surface area (Å²) in [7, 11) is 1.48.